The van der Waals surface area contributed by atoms with Crippen molar-refractivity contribution in [2.75, 3.05) is 6.54 Å². The van der Waals surface area contributed by atoms with Gasteiger partial charge in [0.2, 0.25) is 17.7 Å². The maximum absolute atomic E-state index is 13.5. The lowest BCUT2D eigenvalue weighted by Crippen LogP contribution is -2.54. The number of primary amides is 1. The van der Waals surface area contributed by atoms with Crippen molar-refractivity contribution in [2.45, 2.75) is 50.9 Å². The number of likely N-dealkylation sites (tertiary alicyclic amines) is 1. The molecule has 1 aliphatic heterocycles. The summed E-state index contributed by atoms with van der Waals surface area (Å²) in [6.07, 6.45) is 0.223. The fraction of sp³-hybridized carbons (Fsp3) is 0.370. The first kappa shape index (κ1) is 26.9. The molecule has 3 aromatic rings. The van der Waals surface area contributed by atoms with E-state index in [1.807, 2.05) is 54.6 Å². The number of halogens is 1. The van der Waals surface area contributed by atoms with Crippen LogP contribution in [-0.2, 0) is 20.8 Å². The molecule has 3 amide bonds. The molecule has 2 aromatic carbocycles. The molecule has 1 saturated heterocycles. The minimum Gasteiger partial charge on any atom is -0.391 e. The van der Waals surface area contributed by atoms with Crippen molar-refractivity contribution in [3.63, 3.8) is 0 Å². The number of aliphatic hydroxyl groups is 1. The number of aromatic nitrogens is 3. The van der Waals surface area contributed by atoms with Gasteiger partial charge in [0.25, 0.3) is 5.95 Å². The Morgan fingerprint density at radius 1 is 1.11 bits per heavy atom. The molecular formula is C27H31FN6O4. The van der Waals surface area contributed by atoms with E-state index in [-0.39, 0.29) is 25.3 Å². The maximum Gasteiger partial charge on any atom is 0.252 e. The van der Waals surface area contributed by atoms with Crippen LogP contribution in [0.15, 0.2) is 60.8 Å². The van der Waals surface area contributed by atoms with Gasteiger partial charge in [-0.15, -0.1) is 0 Å². The number of amides is 3. The Labute approximate surface area is 219 Å². The predicted molar refractivity (Wildman–Crippen MR) is 137 cm³/mol. The van der Waals surface area contributed by atoms with Gasteiger partial charge >= 0.3 is 0 Å². The van der Waals surface area contributed by atoms with Crippen LogP contribution in [0.3, 0.4) is 0 Å². The number of β-amino-alcohol motifs (C(OH)–C–C–N with tert-alkyl or cyclic N) is 1. The van der Waals surface area contributed by atoms with Gasteiger partial charge in [0, 0.05) is 19.4 Å². The summed E-state index contributed by atoms with van der Waals surface area (Å²) in [6, 6.07) is 14.4. The van der Waals surface area contributed by atoms with Crippen molar-refractivity contribution >= 4 is 17.7 Å². The van der Waals surface area contributed by atoms with E-state index in [1.165, 1.54) is 4.90 Å². The summed E-state index contributed by atoms with van der Waals surface area (Å²) in [6.45, 7) is 3.44. The molecule has 1 aromatic heterocycles. The molecule has 200 valence electrons. The third-order valence-electron chi connectivity index (χ3n) is 6.68. The highest BCUT2D eigenvalue weighted by molar-refractivity contribution is 5.93. The fourth-order valence-corrected chi connectivity index (χ4v) is 4.76. The molecule has 0 spiro atoms. The zero-order valence-electron chi connectivity index (χ0n) is 21.2. The second-order valence-electron chi connectivity index (χ2n) is 9.84. The zero-order chi connectivity index (χ0) is 27.4. The first-order chi connectivity index (χ1) is 18.1. The topological polar surface area (TPSA) is 143 Å². The Bertz CT molecular complexity index is 1280. The Morgan fingerprint density at radius 3 is 2.34 bits per heavy atom. The van der Waals surface area contributed by atoms with Crippen LogP contribution in [0, 0.1) is 11.9 Å². The van der Waals surface area contributed by atoms with Gasteiger partial charge in [0.05, 0.1) is 12.3 Å². The van der Waals surface area contributed by atoms with Crippen LogP contribution in [-0.4, -0.2) is 67.5 Å². The van der Waals surface area contributed by atoms with Crippen LogP contribution in [0.2, 0.25) is 0 Å². The summed E-state index contributed by atoms with van der Waals surface area (Å²) < 4.78 is 14.6. The first-order valence-electron chi connectivity index (χ1n) is 12.4. The molecule has 38 heavy (non-hydrogen) atoms. The largest absolute Gasteiger partial charge is 0.391 e. The van der Waals surface area contributed by atoms with Gasteiger partial charge in [-0.2, -0.15) is 4.39 Å². The Hall–Kier alpha value is -4.12. The summed E-state index contributed by atoms with van der Waals surface area (Å²) in [5.41, 5.74) is 8.46. The number of aliphatic hydroxyl groups excluding tert-OH is 1. The lowest BCUT2D eigenvalue weighted by atomic mass is 10.00. The van der Waals surface area contributed by atoms with Gasteiger partial charge in [0.1, 0.15) is 18.1 Å². The number of carbonyl (C=O) groups excluding carboxylic acids is 3. The van der Waals surface area contributed by atoms with Crippen LogP contribution >= 0.6 is 0 Å². The second kappa shape index (κ2) is 11.5. The molecule has 0 aliphatic carbocycles. The fourth-order valence-electron chi connectivity index (χ4n) is 4.76. The molecule has 2 heterocycles. The van der Waals surface area contributed by atoms with E-state index in [1.54, 1.807) is 13.8 Å². The van der Waals surface area contributed by atoms with Crippen LogP contribution in [0.5, 0.6) is 0 Å². The molecular weight excluding hydrogens is 491 g/mol. The number of benzene rings is 2. The van der Waals surface area contributed by atoms with E-state index in [4.69, 9.17) is 5.73 Å². The SMILES string of the molecule is CC(C)C(C(=O)N1C[C@H](O)C[C@H]1C(=O)NC(Cc1ccc(-c2ccccc2)cc1)C(N)=O)n1cc(F)nn1. The number of rotatable bonds is 9. The van der Waals surface area contributed by atoms with E-state index >= 15 is 0 Å². The van der Waals surface area contributed by atoms with E-state index in [2.05, 4.69) is 15.6 Å². The third-order valence-corrected chi connectivity index (χ3v) is 6.68. The summed E-state index contributed by atoms with van der Waals surface area (Å²) in [7, 11) is 0. The quantitative estimate of drug-likeness (QED) is 0.388. The molecule has 4 rings (SSSR count). The van der Waals surface area contributed by atoms with Crippen LogP contribution in [0.25, 0.3) is 11.1 Å². The van der Waals surface area contributed by atoms with Crippen molar-refractivity contribution < 1.29 is 23.9 Å². The van der Waals surface area contributed by atoms with Crippen molar-refractivity contribution in [2.24, 2.45) is 11.7 Å². The number of nitrogens with zero attached hydrogens (tertiary/aromatic N) is 4. The Morgan fingerprint density at radius 2 is 1.76 bits per heavy atom. The van der Waals surface area contributed by atoms with Crippen molar-refractivity contribution in [1.82, 2.24) is 25.2 Å². The van der Waals surface area contributed by atoms with Gasteiger partial charge < -0.3 is 21.1 Å². The minimum absolute atomic E-state index is 0.00857. The molecule has 10 nitrogen and oxygen atoms in total. The molecule has 1 fully saturated rings. The molecule has 4 N–H and O–H groups in total. The van der Waals surface area contributed by atoms with E-state index in [0.29, 0.717) is 0 Å². The van der Waals surface area contributed by atoms with E-state index in [0.717, 1.165) is 27.6 Å². The van der Waals surface area contributed by atoms with Crippen LogP contribution in [0.1, 0.15) is 31.9 Å². The first-order valence-corrected chi connectivity index (χ1v) is 12.4. The standard InChI is InChI=1S/C27H31FN6O4/c1-16(2)24(34-15-23(28)31-32-34)27(38)33-14-20(35)13-22(33)26(37)30-21(25(29)36)12-17-8-10-19(11-9-17)18-6-4-3-5-7-18/h3-11,15-16,20-22,24,35H,12-14H2,1-2H3,(H2,29,36)(H,30,37)/t20-,21?,22+,24?/m1/s1. The Kier molecular flexibility index (Phi) is 8.16. The van der Waals surface area contributed by atoms with Gasteiger partial charge in [0.15, 0.2) is 0 Å². The van der Waals surface area contributed by atoms with Crippen LogP contribution in [0.4, 0.5) is 4.39 Å². The van der Waals surface area contributed by atoms with Crippen molar-refractivity contribution in [3.05, 3.63) is 72.3 Å². The summed E-state index contributed by atoms with van der Waals surface area (Å²) >= 11 is 0. The molecule has 0 saturated carbocycles. The van der Waals surface area contributed by atoms with Crippen LogP contribution < -0.4 is 11.1 Å². The third kappa shape index (κ3) is 6.05. The monoisotopic (exact) mass is 522 g/mol. The van der Waals surface area contributed by atoms with E-state index in [9.17, 15) is 23.9 Å². The highest BCUT2D eigenvalue weighted by Crippen LogP contribution is 2.27. The highest BCUT2D eigenvalue weighted by Gasteiger charge is 2.43. The smallest absolute Gasteiger partial charge is 0.252 e. The number of hydrogen-bond donors (Lipinski definition) is 3. The lowest BCUT2D eigenvalue weighted by molar-refractivity contribution is -0.143. The average Bonchev–Trinajstić information content (AvgIpc) is 3.49. The normalized spacial score (nSPS) is 18.8. The van der Waals surface area contributed by atoms with Gasteiger partial charge in [-0.25, -0.2) is 4.68 Å². The zero-order valence-corrected chi connectivity index (χ0v) is 21.2. The number of hydrogen-bond acceptors (Lipinski definition) is 6. The average molecular weight is 523 g/mol. The molecule has 11 heteroatoms. The predicted octanol–water partition coefficient (Wildman–Crippen LogP) is 1.46. The highest BCUT2D eigenvalue weighted by atomic mass is 19.1. The minimum atomic E-state index is -1.03. The van der Waals surface area contributed by atoms with E-state index < -0.39 is 47.9 Å². The second-order valence-corrected chi connectivity index (χ2v) is 9.84. The summed E-state index contributed by atoms with van der Waals surface area (Å²) in [4.78, 5) is 40.2. The molecule has 1 aliphatic rings. The number of nitrogens with two attached hydrogens (primary N) is 1. The van der Waals surface area contributed by atoms with Crippen molar-refractivity contribution in [3.8, 4) is 11.1 Å². The Balaban J connectivity index is 1.47. The van der Waals surface area contributed by atoms with Gasteiger partial charge in [-0.3, -0.25) is 14.4 Å². The molecule has 4 atom stereocenters. The summed E-state index contributed by atoms with van der Waals surface area (Å²) in [5, 5.41) is 20.0. The van der Waals surface area contributed by atoms with Gasteiger partial charge in [-0.05, 0) is 22.6 Å². The van der Waals surface area contributed by atoms with Crippen molar-refractivity contribution in [1.29, 1.82) is 0 Å². The van der Waals surface area contributed by atoms with Gasteiger partial charge in [-0.1, -0.05) is 78.8 Å². The lowest BCUT2D eigenvalue weighted by Gasteiger charge is -2.30. The summed E-state index contributed by atoms with van der Waals surface area (Å²) in [5.74, 6) is -2.97. The number of carbonyl (C=O) groups is 3. The number of nitrogens with one attached hydrogen (secondary N) is 1. The molecule has 0 radical (unpaired) electrons. The molecule has 2 unspecified atom stereocenters. The molecule has 0 bridgehead atoms. The maximum atomic E-state index is 13.5.